The van der Waals surface area contributed by atoms with Crippen LogP contribution in [0.15, 0.2) is 36.4 Å². The third-order valence-corrected chi connectivity index (χ3v) is 3.52. The van der Waals surface area contributed by atoms with Crippen molar-refractivity contribution in [3.05, 3.63) is 58.9 Å². The number of halogens is 1. The van der Waals surface area contributed by atoms with Gasteiger partial charge in [0.2, 0.25) is 0 Å². The van der Waals surface area contributed by atoms with Gasteiger partial charge in [-0.2, -0.15) is 0 Å². The Kier molecular flexibility index (Phi) is 5.52. The van der Waals surface area contributed by atoms with Crippen molar-refractivity contribution in [2.75, 3.05) is 19.0 Å². The highest BCUT2D eigenvalue weighted by molar-refractivity contribution is 5.95. The van der Waals surface area contributed by atoms with Gasteiger partial charge in [0.05, 0.1) is 12.7 Å². The molecule has 0 saturated heterocycles. The van der Waals surface area contributed by atoms with Gasteiger partial charge in [0, 0.05) is 11.8 Å². The highest BCUT2D eigenvalue weighted by Gasteiger charge is 2.15. The molecule has 0 unspecified atom stereocenters. The van der Waals surface area contributed by atoms with Crippen LogP contribution in [0.3, 0.4) is 0 Å². The molecule has 2 aromatic carbocycles. The van der Waals surface area contributed by atoms with Gasteiger partial charge in [-0.25, -0.2) is 9.18 Å². The predicted molar refractivity (Wildman–Crippen MR) is 87.8 cm³/mol. The largest absolute Gasteiger partial charge is 0.497 e. The molecule has 0 radical (unpaired) electrons. The summed E-state index contributed by atoms with van der Waals surface area (Å²) in [5, 5.41) is 2.62. The second kappa shape index (κ2) is 7.59. The number of nitrogens with one attached hydrogen (secondary N) is 1. The third-order valence-electron chi connectivity index (χ3n) is 3.52. The van der Waals surface area contributed by atoms with Crippen LogP contribution in [0, 0.1) is 19.7 Å². The van der Waals surface area contributed by atoms with Crippen LogP contribution in [0.4, 0.5) is 10.1 Å². The Labute approximate surface area is 139 Å². The number of ether oxygens (including phenoxy) is 2. The number of aryl methyl sites for hydroxylation is 2. The van der Waals surface area contributed by atoms with Gasteiger partial charge in [-0.15, -0.1) is 0 Å². The Morgan fingerprint density at radius 2 is 1.83 bits per heavy atom. The van der Waals surface area contributed by atoms with Gasteiger partial charge in [-0.05, 0) is 49.2 Å². The van der Waals surface area contributed by atoms with E-state index >= 15 is 0 Å². The Hall–Kier alpha value is -2.89. The summed E-state index contributed by atoms with van der Waals surface area (Å²) >= 11 is 0. The molecule has 0 aromatic heterocycles. The third kappa shape index (κ3) is 4.32. The minimum absolute atomic E-state index is 0.255. The number of methoxy groups -OCH3 is 1. The lowest BCUT2D eigenvalue weighted by Gasteiger charge is -2.09. The van der Waals surface area contributed by atoms with Crippen LogP contribution < -0.4 is 10.1 Å². The zero-order valence-electron chi connectivity index (χ0n) is 13.7. The SMILES string of the molecule is COc1ccc(C(=O)OCC(=O)Nc2ccc(C)c(C)c2)c(F)c1. The summed E-state index contributed by atoms with van der Waals surface area (Å²) < 4.78 is 23.5. The number of hydrogen-bond donors (Lipinski definition) is 1. The standard InChI is InChI=1S/C18H18FNO4/c1-11-4-5-13(8-12(11)2)20-17(21)10-24-18(22)15-7-6-14(23-3)9-16(15)19/h4-9H,10H2,1-3H3,(H,20,21). The van der Waals surface area contributed by atoms with Crippen LogP contribution in [-0.4, -0.2) is 25.6 Å². The van der Waals surface area contributed by atoms with Gasteiger partial charge in [0.15, 0.2) is 6.61 Å². The van der Waals surface area contributed by atoms with Gasteiger partial charge in [-0.1, -0.05) is 6.07 Å². The zero-order valence-corrected chi connectivity index (χ0v) is 13.7. The monoisotopic (exact) mass is 331 g/mol. The molecule has 1 amide bonds. The molecule has 2 aromatic rings. The normalized spacial score (nSPS) is 10.2. The molecule has 0 aliphatic heterocycles. The first-order valence-corrected chi connectivity index (χ1v) is 7.28. The quantitative estimate of drug-likeness (QED) is 0.854. The number of benzene rings is 2. The van der Waals surface area contributed by atoms with E-state index in [1.54, 1.807) is 6.07 Å². The molecule has 0 saturated carbocycles. The van der Waals surface area contributed by atoms with E-state index in [0.29, 0.717) is 5.69 Å². The minimum atomic E-state index is -0.912. The predicted octanol–water partition coefficient (Wildman–Crippen LogP) is 3.25. The van der Waals surface area contributed by atoms with E-state index in [0.717, 1.165) is 17.2 Å². The first-order chi connectivity index (χ1) is 11.4. The van der Waals surface area contributed by atoms with E-state index in [2.05, 4.69) is 5.32 Å². The summed E-state index contributed by atoms with van der Waals surface area (Å²) in [6.45, 7) is 3.39. The van der Waals surface area contributed by atoms with Crippen LogP contribution in [0.5, 0.6) is 5.75 Å². The van der Waals surface area contributed by atoms with Crippen LogP contribution in [0.2, 0.25) is 0 Å². The highest BCUT2D eigenvalue weighted by atomic mass is 19.1. The fourth-order valence-corrected chi connectivity index (χ4v) is 2.01. The number of esters is 1. The fraction of sp³-hybridized carbons (Fsp3) is 0.222. The lowest BCUT2D eigenvalue weighted by Crippen LogP contribution is -2.21. The van der Waals surface area contributed by atoms with Crippen molar-refractivity contribution in [1.82, 2.24) is 0 Å². The first-order valence-electron chi connectivity index (χ1n) is 7.28. The molecule has 0 atom stereocenters. The lowest BCUT2D eigenvalue weighted by atomic mass is 10.1. The summed E-state index contributed by atoms with van der Waals surface area (Å²) in [4.78, 5) is 23.7. The molecule has 0 aliphatic rings. The summed E-state index contributed by atoms with van der Waals surface area (Å²) in [6.07, 6.45) is 0. The number of carbonyl (C=O) groups excluding carboxylic acids is 2. The fourth-order valence-electron chi connectivity index (χ4n) is 2.01. The van der Waals surface area contributed by atoms with Crippen molar-refractivity contribution in [3.63, 3.8) is 0 Å². The summed E-state index contributed by atoms with van der Waals surface area (Å²) in [7, 11) is 1.39. The second-order valence-electron chi connectivity index (χ2n) is 5.27. The maximum absolute atomic E-state index is 13.8. The molecule has 0 fully saturated rings. The van der Waals surface area contributed by atoms with Crippen molar-refractivity contribution in [2.45, 2.75) is 13.8 Å². The van der Waals surface area contributed by atoms with Gasteiger partial charge < -0.3 is 14.8 Å². The molecule has 5 nitrogen and oxygen atoms in total. The molecule has 0 aliphatic carbocycles. The molecular weight excluding hydrogens is 313 g/mol. The topological polar surface area (TPSA) is 64.6 Å². The van der Waals surface area contributed by atoms with Gasteiger partial charge >= 0.3 is 5.97 Å². The second-order valence-corrected chi connectivity index (χ2v) is 5.27. The lowest BCUT2D eigenvalue weighted by molar-refractivity contribution is -0.119. The van der Waals surface area contributed by atoms with E-state index in [4.69, 9.17) is 9.47 Å². The molecule has 1 N–H and O–H groups in total. The van der Waals surface area contributed by atoms with Crippen molar-refractivity contribution in [1.29, 1.82) is 0 Å². The molecule has 0 bridgehead atoms. The van der Waals surface area contributed by atoms with E-state index in [-0.39, 0.29) is 11.3 Å². The van der Waals surface area contributed by atoms with E-state index in [1.807, 2.05) is 26.0 Å². The molecule has 0 heterocycles. The van der Waals surface area contributed by atoms with E-state index in [1.165, 1.54) is 19.2 Å². The van der Waals surface area contributed by atoms with Gasteiger partial charge in [0.1, 0.15) is 11.6 Å². The van der Waals surface area contributed by atoms with Crippen LogP contribution in [0.25, 0.3) is 0 Å². The number of rotatable bonds is 5. The van der Waals surface area contributed by atoms with Crippen molar-refractivity contribution in [2.24, 2.45) is 0 Å². The molecule has 126 valence electrons. The smallest absolute Gasteiger partial charge is 0.341 e. The van der Waals surface area contributed by atoms with Crippen LogP contribution in [0.1, 0.15) is 21.5 Å². The number of anilines is 1. The summed E-state index contributed by atoms with van der Waals surface area (Å²) in [5.74, 6) is -1.89. The number of amides is 1. The molecular formula is C18H18FNO4. The average molecular weight is 331 g/mol. The first kappa shape index (κ1) is 17.5. The summed E-state index contributed by atoms with van der Waals surface area (Å²) in [5.41, 5.74) is 2.49. The van der Waals surface area contributed by atoms with Crippen LogP contribution in [-0.2, 0) is 9.53 Å². The molecule has 2 rings (SSSR count). The minimum Gasteiger partial charge on any atom is -0.497 e. The summed E-state index contributed by atoms with van der Waals surface area (Å²) in [6, 6.07) is 9.21. The van der Waals surface area contributed by atoms with Crippen molar-refractivity contribution >= 4 is 17.6 Å². The highest BCUT2D eigenvalue weighted by Crippen LogP contribution is 2.17. The maximum Gasteiger partial charge on any atom is 0.341 e. The Morgan fingerprint density at radius 3 is 2.46 bits per heavy atom. The Bertz CT molecular complexity index is 774. The Morgan fingerprint density at radius 1 is 1.08 bits per heavy atom. The Balaban J connectivity index is 1.93. The van der Waals surface area contributed by atoms with Crippen molar-refractivity contribution < 1.29 is 23.5 Å². The number of carbonyl (C=O) groups is 2. The average Bonchev–Trinajstić information content (AvgIpc) is 2.56. The van der Waals surface area contributed by atoms with E-state index in [9.17, 15) is 14.0 Å². The van der Waals surface area contributed by atoms with Gasteiger partial charge in [-0.3, -0.25) is 4.79 Å². The zero-order chi connectivity index (χ0) is 17.7. The van der Waals surface area contributed by atoms with Crippen molar-refractivity contribution in [3.8, 4) is 5.75 Å². The molecule has 24 heavy (non-hydrogen) atoms. The molecule has 6 heteroatoms. The number of hydrogen-bond acceptors (Lipinski definition) is 4. The van der Waals surface area contributed by atoms with E-state index < -0.39 is 24.3 Å². The maximum atomic E-state index is 13.8. The van der Waals surface area contributed by atoms with Crippen LogP contribution >= 0.6 is 0 Å². The van der Waals surface area contributed by atoms with Gasteiger partial charge in [0.25, 0.3) is 5.91 Å². The molecule has 0 spiro atoms.